The van der Waals surface area contributed by atoms with Gasteiger partial charge in [0.15, 0.2) is 11.3 Å². The van der Waals surface area contributed by atoms with Gasteiger partial charge in [-0.25, -0.2) is 9.97 Å². The van der Waals surface area contributed by atoms with Crippen LogP contribution in [-0.2, 0) is 20.8 Å². The second-order valence-electron chi connectivity index (χ2n) is 18.1. The first kappa shape index (κ1) is 46.8. The standard InChI is InChI=1S/C26H33N5O3.C25H30N6O3/c1-17-6-4-5-11-31(17)26-28-24-21(25(29-26)30-12-13-34-16-18(30)2)8-9-22(27-24)19-7-10-23(33-3)20(14-19)15-32;1-16-14-33-11-9-30(16)23-20-7-8-21(18-5-4-6-19(13-18)24(32)26-3)27-22(20)28-25(29-23)31-10-12-34-15-17(31)2/h7-10,14,17-18,32H,4-6,11-13,15-16H2,1-3H3;4-8,13,16-17H,9-12,14-15H2,1-3H3,(H,26,32)/t17-,18-;16-,17-/m00/s1. The van der Waals surface area contributed by atoms with E-state index in [-0.39, 0.29) is 30.6 Å². The second kappa shape index (κ2) is 20.9. The van der Waals surface area contributed by atoms with Gasteiger partial charge in [0, 0.05) is 61.5 Å². The van der Waals surface area contributed by atoms with Gasteiger partial charge in [-0.2, -0.15) is 19.9 Å². The van der Waals surface area contributed by atoms with Gasteiger partial charge in [-0.1, -0.05) is 12.1 Å². The number of amides is 1. The number of nitrogens with one attached hydrogen (secondary N) is 1. The minimum absolute atomic E-state index is 0.0944. The van der Waals surface area contributed by atoms with E-state index in [4.69, 9.17) is 48.9 Å². The van der Waals surface area contributed by atoms with Gasteiger partial charge in [-0.15, -0.1) is 0 Å². The summed E-state index contributed by atoms with van der Waals surface area (Å²) in [6.45, 7) is 15.8. The number of aromatic nitrogens is 6. The van der Waals surface area contributed by atoms with E-state index in [1.165, 1.54) is 6.42 Å². The second-order valence-corrected chi connectivity index (χ2v) is 18.1. The minimum Gasteiger partial charge on any atom is -0.496 e. The Morgan fingerprint density at radius 2 is 1.19 bits per heavy atom. The molecule has 0 spiro atoms. The van der Waals surface area contributed by atoms with Crippen molar-refractivity contribution in [2.24, 2.45) is 0 Å². The number of nitrogens with zero attached hydrogens (tertiary/aromatic N) is 10. The smallest absolute Gasteiger partial charge is 0.251 e. The summed E-state index contributed by atoms with van der Waals surface area (Å²) in [7, 11) is 3.24. The number of aliphatic hydroxyl groups is 1. The molecule has 68 heavy (non-hydrogen) atoms. The number of methoxy groups -OCH3 is 1. The molecule has 0 bridgehead atoms. The highest BCUT2D eigenvalue weighted by molar-refractivity contribution is 5.96. The van der Waals surface area contributed by atoms with Crippen molar-refractivity contribution in [2.75, 3.05) is 99.6 Å². The van der Waals surface area contributed by atoms with Crippen LogP contribution in [0.1, 0.15) is 62.9 Å². The van der Waals surface area contributed by atoms with Crippen molar-refractivity contribution in [1.82, 2.24) is 35.2 Å². The number of pyridine rings is 2. The monoisotopic (exact) mass is 925 g/mol. The molecule has 4 fully saturated rings. The maximum Gasteiger partial charge on any atom is 0.251 e. The van der Waals surface area contributed by atoms with E-state index in [0.717, 1.165) is 95.5 Å². The van der Waals surface area contributed by atoms with E-state index >= 15 is 0 Å². The Morgan fingerprint density at radius 1 is 0.647 bits per heavy atom. The molecule has 2 N–H and O–H groups in total. The van der Waals surface area contributed by atoms with Gasteiger partial charge >= 0.3 is 0 Å². The number of rotatable bonds is 9. The van der Waals surface area contributed by atoms with Gasteiger partial charge in [-0.05, 0) is 102 Å². The molecule has 0 unspecified atom stereocenters. The lowest BCUT2D eigenvalue weighted by molar-refractivity contribution is 0.0962. The summed E-state index contributed by atoms with van der Waals surface area (Å²) < 4.78 is 22.3. The Kier molecular flexibility index (Phi) is 14.4. The Bertz CT molecular complexity index is 2740. The van der Waals surface area contributed by atoms with E-state index < -0.39 is 0 Å². The number of carbonyl (C=O) groups excluding carboxylic acids is 1. The van der Waals surface area contributed by atoms with Gasteiger partial charge in [0.25, 0.3) is 5.91 Å². The molecule has 17 heteroatoms. The van der Waals surface area contributed by atoms with Crippen LogP contribution < -0.4 is 29.7 Å². The number of morpholine rings is 3. The number of aliphatic hydroxyl groups excluding tert-OH is 1. The first-order chi connectivity index (χ1) is 33.1. The number of ether oxygens (including phenoxy) is 4. The Labute approximate surface area is 397 Å². The van der Waals surface area contributed by atoms with Crippen LogP contribution in [0.3, 0.4) is 0 Å². The predicted molar refractivity (Wildman–Crippen MR) is 265 cm³/mol. The SMILES string of the molecule is CNC(=O)c1cccc(-c2ccc3c(N4CCOC[C@@H]4C)nc(N4CCOC[C@@H]4C)nc3n2)c1.COc1ccc(-c2ccc3c(N4CCOC[C@@H]4C)nc(N4CCCC[C@@H]4C)nc3n2)cc1CO. The van der Waals surface area contributed by atoms with E-state index in [1.54, 1.807) is 20.2 Å². The molecule has 0 saturated carbocycles. The minimum atomic E-state index is -0.128. The number of hydrogen-bond donors (Lipinski definition) is 2. The highest BCUT2D eigenvalue weighted by Gasteiger charge is 2.30. The Morgan fingerprint density at radius 3 is 1.71 bits per heavy atom. The number of hydrogen-bond acceptors (Lipinski definition) is 16. The van der Waals surface area contributed by atoms with Crippen molar-refractivity contribution >= 4 is 51.5 Å². The molecular weight excluding hydrogens is 863 g/mol. The normalized spacial score (nSPS) is 21.1. The van der Waals surface area contributed by atoms with Crippen LogP contribution in [0.5, 0.6) is 5.75 Å². The van der Waals surface area contributed by atoms with Crippen molar-refractivity contribution in [3.8, 4) is 28.3 Å². The Hall–Kier alpha value is -6.27. The van der Waals surface area contributed by atoms with E-state index in [9.17, 15) is 9.90 Å². The third kappa shape index (κ3) is 9.84. The molecule has 0 radical (unpaired) electrons. The summed E-state index contributed by atoms with van der Waals surface area (Å²) >= 11 is 0. The topological polar surface area (TPSA) is 177 Å². The fourth-order valence-corrected chi connectivity index (χ4v) is 9.51. The number of fused-ring (bicyclic) bond motifs is 2. The molecule has 10 rings (SSSR count). The molecule has 4 saturated heterocycles. The number of piperidine rings is 1. The molecule has 4 aliphatic heterocycles. The third-order valence-electron chi connectivity index (χ3n) is 13.4. The molecular formula is C51H63N11O6. The average Bonchev–Trinajstić information content (AvgIpc) is 3.38. The van der Waals surface area contributed by atoms with Crippen molar-refractivity contribution in [3.63, 3.8) is 0 Å². The molecule has 8 heterocycles. The number of anilines is 4. The van der Waals surface area contributed by atoms with Gasteiger partial charge in [-0.3, -0.25) is 4.79 Å². The summed E-state index contributed by atoms with van der Waals surface area (Å²) in [6, 6.07) is 22.3. The summed E-state index contributed by atoms with van der Waals surface area (Å²) in [4.78, 5) is 51.2. The fourth-order valence-electron chi connectivity index (χ4n) is 9.51. The van der Waals surface area contributed by atoms with Crippen LogP contribution in [0, 0.1) is 0 Å². The number of carbonyl (C=O) groups is 1. The zero-order chi connectivity index (χ0) is 47.3. The third-order valence-corrected chi connectivity index (χ3v) is 13.4. The molecule has 4 aromatic heterocycles. The lowest BCUT2D eigenvalue weighted by Gasteiger charge is -2.37. The molecule has 4 atom stereocenters. The largest absolute Gasteiger partial charge is 0.496 e. The summed E-state index contributed by atoms with van der Waals surface area (Å²) in [6.07, 6.45) is 3.54. The Balaban J connectivity index is 0.000000170. The van der Waals surface area contributed by atoms with E-state index in [0.29, 0.717) is 74.2 Å². The molecule has 1 amide bonds. The predicted octanol–water partition coefficient (Wildman–Crippen LogP) is 6.30. The first-order valence-electron chi connectivity index (χ1n) is 23.9. The lowest BCUT2D eigenvalue weighted by Crippen LogP contribution is -2.46. The van der Waals surface area contributed by atoms with Gasteiger partial charge in [0.05, 0.1) is 93.6 Å². The molecule has 17 nitrogen and oxygen atoms in total. The molecule has 0 aliphatic carbocycles. The van der Waals surface area contributed by atoms with Gasteiger partial charge in [0.1, 0.15) is 17.4 Å². The summed E-state index contributed by atoms with van der Waals surface area (Å²) in [5.74, 6) is 3.77. The molecule has 6 aromatic rings. The van der Waals surface area contributed by atoms with E-state index in [2.05, 4.69) is 58.7 Å². The van der Waals surface area contributed by atoms with Crippen LogP contribution in [-0.4, -0.2) is 145 Å². The lowest BCUT2D eigenvalue weighted by atomic mass is 10.0. The fraction of sp³-hybridized carbons (Fsp3) is 0.471. The van der Waals surface area contributed by atoms with Crippen LogP contribution in [0.25, 0.3) is 44.6 Å². The first-order valence-corrected chi connectivity index (χ1v) is 23.9. The van der Waals surface area contributed by atoms with Crippen LogP contribution in [0.4, 0.5) is 23.5 Å². The zero-order valence-corrected chi connectivity index (χ0v) is 40.0. The summed E-state index contributed by atoms with van der Waals surface area (Å²) in [5.41, 5.74) is 6.01. The molecule has 358 valence electrons. The maximum absolute atomic E-state index is 12.1. The van der Waals surface area contributed by atoms with E-state index in [1.807, 2.05) is 54.6 Å². The van der Waals surface area contributed by atoms with Crippen molar-refractivity contribution < 1.29 is 28.8 Å². The van der Waals surface area contributed by atoms with Crippen molar-refractivity contribution in [1.29, 1.82) is 0 Å². The quantitative estimate of drug-likeness (QED) is 0.165. The van der Waals surface area contributed by atoms with Gasteiger partial charge < -0.3 is 49.0 Å². The highest BCUT2D eigenvalue weighted by atomic mass is 16.5. The molecule has 4 aliphatic rings. The van der Waals surface area contributed by atoms with Gasteiger partial charge in [0.2, 0.25) is 11.9 Å². The van der Waals surface area contributed by atoms with Crippen molar-refractivity contribution in [2.45, 2.75) is 77.7 Å². The number of benzene rings is 2. The highest BCUT2D eigenvalue weighted by Crippen LogP contribution is 2.35. The van der Waals surface area contributed by atoms with Crippen LogP contribution in [0.15, 0.2) is 66.7 Å². The average molecular weight is 926 g/mol. The van der Waals surface area contributed by atoms with Crippen molar-refractivity contribution in [3.05, 3.63) is 77.9 Å². The molecule has 2 aromatic carbocycles. The zero-order valence-electron chi connectivity index (χ0n) is 40.0. The maximum atomic E-state index is 12.1. The summed E-state index contributed by atoms with van der Waals surface area (Å²) in [5, 5.41) is 14.3. The van der Waals surface area contributed by atoms with Crippen LogP contribution >= 0.6 is 0 Å². The van der Waals surface area contributed by atoms with Crippen LogP contribution in [0.2, 0.25) is 0 Å².